The molecule has 0 bridgehead atoms. The van der Waals surface area contributed by atoms with E-state index < -0.39 is 7.12 Å². The average Bonchev–Trinajstić information content (AvgIpc) is 2.73. The molecule has 1 N–H and O–H groups in total. The second-order valence-corrected chi connectivity index (χ2v) is 3.53. The van der Waals surface area contributed by atoms with Gasteiger partial charge in [0.2, 0.25) is 0 Å². The quantitative estimate of drug-likeness (QED) is 0.455. The van der Waals surface area contributed by atoms with Gasteiger partial charge in [-0.15, -0.1) is 0 Å². The molecule has 1 aromatic carbocycles. The van der Waals surface area contributed by atoms with Gasteiger partial charge in [-0.3, -0.25) is 0 Å². The van der Waals surface area contributed by atoms with E-state index in [1.807, 2.05) is 6.07 Å². The highest BCUT2D eigenvalue weighted by Gasteiger charge is 2.41. The van der Waals surface area contributed by atoms with Gasteiger partial charge in [0.05, 0.1) is 11.0 Å². The van der Waals surface area contributed by atoms with Crippen LogP contribution in [0.4, 0.5) is 0 Å². The molecule has 82 valence electrons. The third-order valence-electron chi connectivity index (χ3n) is 2.40. The van der Waals surface area contributed by atoms with Crippen molar-refractivity contribution in [3.05, 3.63) is 42.2 Å². The topological polar surface area (TPSA) is 66.5 Å². The number of nitrogens with zero attached hydrogens (tertiary/aromatic N) is 2. The lowest BCUT2D eigenvalue weighted by atomic mass is 9.79. The highest BCUT2D eigenvalue weighted by molar-refractivity contribution is 6.61. The van der Waals surface area contributed by atoms with Crippen molar-refractivity contribution in [2.45, 2.75) is 0 Å². The number of aromatic nitrogens is 2. The molecule has 17 heavy (non-hydrogen) atoms. The van der Waals surface area contributed by atoms with Crippen molar-refractivity contribution in [1.29, 1.82) is 0 Å². The third-order valence-corrected chi connectivity index (χ3v) is 2.40. The lowest BCUT2D eigenvalue weighted by molar-refractivity contribution is -0.1000. The molecule has 0 spiro atoms. The lowest BCUT2D eigenvalue weighted by Crippen LogP contribution is -2.26. The molecule has 1 aliphatic heterocycles. The molecular formula is C11H8BN2O3+. The molecule has 0 radical (unpaired) electrons. The molecule has 0 atom stereocenters. The zero-order valence-electron chi connectivity index (χ0n) is 8.78. The molecular weight excluding hydrogens is 219 g/mol. The Morgan fingerprint density at radius 1 is 1.24 bits per heavy atom. The van der Waals surface area contributed by atoms with E-state index >= 15 is 0 Å². The number of hydrogen-bond acceptors (Lipinski definition) is 4. The van der Waals surface area contributed by atoms with Crippen LogP contribution in [0.15, 0.2) is 36.7 Å². The first-order valence-electron chi connectivity index (χ1n) is 5.08. The number of fused-ring (bicyclic) bond motifs is 1. The van der Waals surface area contributed by atoms with Crippen molar-refractivity contribution in [2.24, 2.45) is 0 Å². The standard InChI is InChI=1S/C11H8BN2O3/c15-12-10-6-9(3-2-8(10)7-16-12)17-11-13-4-1-5-14-11/h1-7,15H/q+1. The Kier molecular flexibility index (Phi) is 2.34. The van der Waals surface area contributed by atoms with E-state index in [1.165, 1.54) is 6.29 Å². The summed E-state index contributed by atoms with van der Waals surface area (Å²) in [5, 5.41) is 9.53. The number of rotatable bonds is 2. The Morgan fingerprint density at radius 3 is 2.88 bits per heavy atom. The number of carbonyl (C=O) groups excluding carboxylic acids is 1. The second-order valence-electron chi connectivity index (χ2n) is 3.53. The summed E-state index contributed by atoms with van der Waals surface area (Å²) in [5.74, 6) is 0.563. The molecule has 0 aliphatic carbocycles. The summed E-state index contributed by atoms with van der Waals surface area (Å²) in [6.07, 6.45) is 4.71. The van der Waals surface area contributed by atoms with Gasteiger partial charge in [-0.25, -0.2) is 9.97 Å². The Morgan fingerprint density at radius 2 is 2.06 bits per heavy atom. The molecule has 6 heteroatoms. The second kappa shape index (κ2) is 3.99. The molecule has 1 aliphatic rings. The van der Waals surface area contributed by atoms with Gasteiger partial charge in [-0.05, 0) is 24.3 Å². The van der Waals surface area contributed by atoms with Gasteiger partial charge in [0.15, 0.2) is 0 Å². The fraction of sp³-hybridized carbons (Fsp3) is 0. The van der Waals surface area contributed by atoms with Crippen LogP contribution >= 0.6 is 0 Å². The predicted molar refractivity (Wildman–Crippen MR) is 61.5 cm³/mol. The van der Waals surface area contributed by atoms with Crippen LogP contribution in [0.25, 0.3) is 0 Å². The molecule has 2 aromatic rings. The molecule has 0 fully saturated rings. The van der Waals surface area contributed by atoms with Gasteiger partial charge < -0.3 is 14.1 Å². The average molecular weight is 227 g/mol. The van der Waals surface area contributed by atoms with Crippen LogP contribution in [-0.2, 0) is 0 Å². The molecule has 0 saturated carbocycles. The zero-order valence-corrected chi connectivity index (χ0v) is 8.78. The highest BCUT2D eigenvalue weighted by atomic mass is 16.5. The summed E-state index contributed by atoms with van der Waals surface area (Å²) in [7, 11) is -0.926. The van der Waals surface area contributed by atoms with Crippen molar-refractivity contribution < 1.29 is 14.1 Å². The molecule has 0 saturated heterocycles. The predicted octanol–water partition coefficient (Wildman–Crippen LogP) is 0.318. The third kappa shape index (κ3) is 1.90. The first-order valence-corrected chi connectivity index (χ1v) is 5.08. The minimum Gasteiger partial charge on any atom is -0.424 e. The van der Waals surface area contributed by atoms with Crippen LogP contribution < -0.4 is 10.2 Å². The summed E-state index contributed by atoms with van der Waals surface area (Å²) in [6.45, 7) is 0. The van der Waals surface area contributed by atoms with E-state index in [0.29, 0.717) is 11.2 Å². The van der Waals surface area contributed by atoms with E-state index in [9.17, 15) is 5.02 Å². The van der Waals surface area contributed by atoms with Crippen molar-refractivity contribution >= 4 is 18.9 Å². The zero-order chi connectivity index (χ0) is 11.7. The Labute approximate surface area is 97.6 Å². The normalized spacial score (nSPS) is 12.6. The van der Waals surface area contributed by atoms with Gasteiger partial charge >= 0.3 is 13.1 Å². The van der Waals surface area contributed by atoms with E-state index in [4.69, 9.17) is 9.08 Å². The first kappa shape index (κ1) is 9.98. The Hall–Kier alpha value is -2.21. The van der Waals surface area contributed by atoms with E-state index in [1.54, 1.807) is 30.6 Å². The molecule has 3 rings (SSSR count). The number of hydrogen-bond donors (Lipinski definition) is 1. The summed E-state index contributed by atoms with van der Waals surface area (Å²) in [6, 6.07) is 7.27. The van der Waals surface area contributed by atoms with Crippen molar-refractivity contribution in [3.63, 3.8) is 0 Å². The first-order chi connectivity index (χ1) is 8.33. The van der Waals surface area contributed by atoms with Crippen molar-refractivity contribution in [2.75, 3.05) is 0 Å². The number of aldehydes is 1. The van der Waals surface area contributed by atoms with Crippen molar-refractivity contribution in [3.8, 4) is 11.8 Å². The van der Waals surface area contributed by atoms with E-state index in [0.717, 1.165) is 5.56 Å². The maximum atomic E-state index is 9.53. The Bertz CT molecular complexity index is 574. The maximum absolute atomic E-state index is 9.53. The smallest absolute Gasteiger partial charge is 0.424 e. The van der Waals surface area contributed by atoms with Gasteiger partial charge in [0.25, 0.3) is 6.29 Å². The maximum Gasteiger partial charge on any atom is 0.872 e. The fourth-order valence-electron chi connectivity index (χ4n) is 1.59. The lowest BCUT2D eigenvalue weighted by Gasteiger charge is -2.02. The van der Waals surface area contributed by atoms with Crippen LogP contribution in [0.1, 0.15) is 9.91 Å². The number of ether oxygens (including phenoxy) is 1. The molecule has 5 nitrogen and oxygen atoms in total. The largest absolute Gasteiger partial charge is 0.872 e. The Balaban J connectivity index is 1.89. The van der Waals surface area contributed by atoms with Crippen LogP contribution in [0.5, 0.6) is 11.8 Å². The monoisotopic (exact) mass is 227 g/mol. The van der Waals surface area contributed by atoms with E-state index in [-0.39, 0.29) is 6.01 Å². The van der Waals surface area contributed by atoms with Gasteiger partial charge in [-0.2, -0.15) is 0 Å². The van der Waals surface area contributed by atoms with E-state index in [2.05, 4.69) is 9.97 Å². The fourth-order valence-corrected chi connectivity index (χ4v) is 1.59. The van der Waals surface area contributed by atoms with Gasteiger partial charge in [-0.1, -0.05) is 0 Å². The van der Waals surface area contributed by atoms with Crippen LogP contribution in [-0.4, -0.2) is 28.4 Å². The minimum absolute atomic E-state index is 0.268. The SMILES string of the molecule is OB1[O+]=Cc2ccc(Oc3ncccn3)cc21. The summed E-state index contributed by atoms with van der Waals surface area (Å²) in [4.78, 5) is 7.90. The number of benzene rings is 1. The molecule has 1 aromatic heterocycles. The van der Waals surface area contributed by atoms with Gasteiger partial charge in [0, 0.05) is 12.4 Å². The highest BCUT2D eigenvalue weighted by Crippen LogP contribution is 2.17. The van der Waals surface area contributed by atoms with Gasteiger partial charge in [0.1, 0.15) is 5.75 Å². The summed E-state index contributed by atoms with van der Waals surface area (Å²) < 4.78 is 10.4. The molecule has 2 heterocycles. The summed E-state index contributed by atoms with van der Waals surface area (Å²) >= 11 is 0. The molecule has 0 unspecified atom stereocenters. The van der Waals surface area contributed by atoms with Crippen LogP contribution in [0.3, 0.4) is 0 Å². The minimum atomic E-state index is -0.926. The molecule has 0 amide bonds. The van der Waals surface area contributed by atoms with Crippen molar-refractivity contribution in [1.82, 2.24) is 9.97 Å². The van der Waals surface area contributed by atoms with Crippen LogP contribution in [0, 0.1) is 0 Å². The summed E-state index contributed by atoms with van der Waals surface area (Å²) in [5.41, 5.74) is 1.53. The van der Waals surface area contributed by atoms with Crippen LogP contribution in [0.2, 0.25) is 0 Å².